The van der Waals surface area contributed by atoms with E-state index in [1.165, 1.54) is 0 Å². The maximum absolute atomic E-state index is 12.7. The van der Waals surface area contributed by atoms with Gasteiger partial charge in [0, 0.05) is 32.6 Å². The molecule has 1 unspecified atom stereocenters. The molecule has 0 aliphatic carbocycles. The number of nitrogens with zero attached hydrogens (tertiary/aromatic N) is 3. The number of benzene rings is 1. The molecular weight excluding hydrogens is 338 g/mol. The normalized spacial score (nSPS) is 19.6. The van der Waals surface area contributed by atoms with Crippen molar-refractivity contribution in [3.8, 4) is 5.75 Å². The van der Waals surface area contributed by atoms with Crippen LogP contribution in [0.3, 0.4) is 0 Å². The average Bonchev–Trinajstić information content (AvgIpc) is 3.18. The lowest BCUT2D eigenvalue weighted by atomic mass is 10.0. The summed E-state index contributed by atoms with van der Waals surface area (Å²) in [5.74, 6) is 0.668. The van der Waals surface area contributed by atoms with Crippen LogP contribution < -0.4 is 4.74 Å². The molecule has 0 N–H and O–H groups in total. The monoisotopic (exact) mass is 361 g/mol. The number of carbonyl (C=O) groups excluding carboxylic acids is 2. The molecular formula is C18H23N3O5. The summed E-state index contributed by atoms with van der Waals surface area (Å²) in [7, 11) is 1.61. The van der Waals surface area contributed by atoms with Crippen LogP contribution in [0.25, 0.3) is 0 Å². The first-order valence-corrected chi connectivity index (χ1v) is 8.70. The molecule has 8 heteroatoms. The van der Waals surface area contributed by atoms with Crippen molar-refractivity contribution in [3.05, 3.63) is 29.8 Å². The Balaban J connectivity index is 1.52. The van der Waals surface area contributed by atoms with Crippen molar-refractivity contribution in [3.63, 3.8) is 0 Å². The lowest BCUT2D eigenvalue weighted by Gasteiger charge is -2.34. The van der Waals surface area contributed by atoms with E-state index in [1.54, 1.807) is 23.8 Å². The van der Waals surface area contributed by atoms with Gasteiger partial charge in [-0.3, -0.25) is 4.79 Å². The van der Waals surface area contributed by atoms with E-state index in [0.29, 0.717) is 39.2 Å². The minimum atomic E-state index is -0.610. The van der Waals surface area contributed by atoms with Gasteiger partial charge in [0.05, 0.1) is 19.4 Å². The number of oxime groups is 1. The zero-order valence-electron chi connectivity index (χ0n) is 15.0. The molecule has 2 amide bonds. The van der Waals surface area contributed by atoms with Crippen LogP contribution in [0.1, 0.15) is 18.9 Å². The Morgan fingerprint density at radius 3 is 2.42 bits per heavy atom. The molecule has 26 heavy (non-hydrogen) atoms. The highest BCUT2D eigenvalue weighted by Crippen LogP contribution is 2.21. The lowest BCUT2D eigenvalue weighted by molar-refractivity contribution is -0.143. The van der Waals surface area contributed by atoms with Gasteiger partial charge in [-0.05, 0) is 36.8 Å². The zero-order valence-corrected chi connectivity index (χ0v) is 15.0. The topological polar surface area (TPSA) is 80.7 Å². The van der Waals surface area contributed by atoms with Gasteiger partial charge in [0.2, 0.25) is 6.10 Å². The van der Waals surface area contributed by atoms with Gasteiger partial charge in [-0.1, -0.05) is 5.16 Å². The maximum Gasteiger partial charge on any atom is 0.409 e. The van der Waals surface area contributed by atoms with E-state index in [1.807, 2.05) is 24.3 Å². The highest BCUT2D eigenvalue weighted by atomic mass is 16.6. The summed E-state index contributed by atoms with van der Waals surface area (Å²) >= 11 is 0. The van der Waals surface area contributed by atoms with Gasteiger partial charge in [-0.2, -0.15) is 0 Å². The Morgan fingerprint density at radius 2 is 1.81 bits per heavy atom. The molecule has 0 aromatic heterocycles. The standard InChI is InChI=1S/C18H23N3O5/c1-3-25-18(23)21-10-8-20(9-11-21)17(22)16-12-15(19-26-16)13-4-6-14(24-2)7-5-13/h4-7,16H,3,8-12H2,1-2H3. The smallest absolute Gasteiger partial charge is 0.409 e. The summed E-state index contributed by atoms with van der Waals surface area (Å²) in [6.07, 6.45) is -0.508. The van der Waals surface area contributed by atoms with Gasteiger partial charge >= 0.3 is 6.09 Å². The highest BCUT2D eigenvalue weighted by Gasteiger charge is 2.34. The van der Waals surface area contributed by atoms with Crippen LogP contribution in [0.5, 0.6) is 5.75 Å². The van der Waals surface area contributed by atoms with E-state index < -0.39 is 6.10 Å². The third-order valence-electron chi connectivity index (χ3n) is 4.48. The van der Waals surface area contributed by atoms with Crippen molar-refractivity contribution in [2.45, 2.75) is 19.4 Å². The molecule has 1 fully saturated rings. The predicted octanol–water partition coefficient (Wildman–Crippen LogP) is 1.49. The quantitative estimate of drug-likeness (QED) is 0.812. The van der Waals surface area contributed by atoms with Gasteiger partial charge in [-0.15, -0.1) is 0 Å². The van der Waals surface area contributed by atoms with Crippen LogP contribution in [-0.4, -0.2) is 73.5 Å². The fourth-order valence-electron chi connectivity index (χ4n) is 2.99. The molecule has 0 saturated carbocycles. The Bertz CT molecular complexity index is 681. The minimum absolute atomic E-state index is 0.0965. The number of carbonyl (C=O) groups is 2. The molecule has 2 aliphatic heterocycles. The van der Waals surface area contributed by atoms with Crippen molar-refractivity contribution >= 4 is 17.7 Å². The fraction of sp³-hybridized carbons (Fsp3) is 0.500. The molecule has 1 aromatic carbocycles. The summed E-state index contributed by atoms with van der Waals surface area (Å²) in [6, 6.07) is 7.49. The Labute approximate surface area is 152 Å². The van der Waals surface area contributed by atoms with Gasteiger partial charge in [0.25, 0.3) is 5.91 Å². The predicted molar refractivity (Wildman–Crippen MR) is 94.2 cm³/mol. The first-order valence-electron chi connectivity index (χ1n) is 8.70. The van der Waals surface area contributed by atoms with E-state index in [2.05, 4.69) is 5.16 Å². The van der Waals surface area contributed by atoms with Gasteiger partial charge < -0.3 is 24.1 Å². The molecule has 140 valence electrons. The number of hydrogen-bond acceptors (Lipinski definition) is 6. The summed E-state index contributed by atoms with van der Waals surface area (Å²) < 4.78 is 10.1. The molecule has 1 aromatic rings. The van der Waals surface area contributed by atoms with Crippen LogP contribution in [-0.2, 0) is 14.4 Å². The Kier molecular flexibility index (Phi) is 5.60. The van der Waals surface area contributed by atoms with E-state index in [-0.39, 0.29) is 12.0 Å². The molecule has 1 atom stereocenters. The second-order valence-electron chi connectivity index (χ2n) is 6.08. The zero-order chi connectivity index (χ0) is 18.5. The van der Waals surface area contributed by atoms with Crippen molar-refractivity contribution in [1.29, 1.82) is 0 Å². The third-order valence-corrected chi connectivity index (χ3v) is 4.48. The van der Waals surface area contributed by atoms with Gasteiger partial charge in [0.15, 0.2) is 0 Å². The molecule has 0 spiro atoms. The van der Waals surface area contributed by atoms with Crippen LogP contribution >= 0.6 is 0 Å². The third kappa shape index (κ3) is 3.89. The van der Waals surface area contributed by atoms with Crippen LogP contribution in [0, 0.1) is 0 Å². The highest BCUT2D eigenvalue weighted by molar-refractivity contribution is 6.04. The summed E-state index contributed by atoms with van der Waals surface area (Å²) in [5.41, 5.74) is 1.66. The minimum Gasteiger partial charge on any atom is -0.497 e. The number of ether oxygens (including phenoxy) is 2. The number of rotatable bonds is 4. The summed E-state index contributed by atoms with van der Waals surface area (Å²) in [4.78, 5) is 33.1. The molecule has 0 bridgehead atoms. The summed E-state index contributed by atoms with van der Waals surface area (Å²) in [5, 5.41) is 4.07. The van der Waals surface area contributed by atoms with Crippen molar-refractivity contribution in [2.24, 2.45) is 5.16 Å². The second-order valence-corrected chi connectivity index (χ2v) is 6.08. The second kappa shape index (κ2) is 8.07. The fourth-order valence-corrected chi connectivity index (χ4v) is 2.99. The largest absolute Gasteiger partial charge is 0.497 e. The van der Waals surface area contributed by atoms with E-state index >= 15 is 0 Å². The average molecular weight is 361 g/mol. The summed E-state index contributed by atoms with van der Waals surface area (Å²) in [6.45, 7) is 3.98. The van der Waals surface area contributed by atoms with Gasteiger partial charge in [0.1, 0.15) is 5.75 Å². The van der Waals surface area contributed by atoms with Crippen molar-refractivity contribution in [2.75, 3.05) is 39.9 Å². The van der Waals surface area contributed by atoms with Crippen LogP contribution in [0.2, 0.25) is 0 Å². The van der Waals surface area contributed by atoms with E-state index in [9.17, 15) is 9.59 Å². The molecule has 0 radical (unpaired) electrons. The SMILES string of the molecule is CCOC(=O)N1CCN(C(=O)C2CC(c3ccc(OC)cc3)=NO2)CC1. The lowest BCUT2D eigenvalue weighted by Crippen LogP contribution is -2.53. The van der Waals surface area contributed by atoms with Crippen LogP contribution in [0.15, 0.2) is 29.4 Å². The van der Waals surface area contributed by atoms with E-state index in [4.69, 9.17) is 14.3 Å². The first-order chi connectivity index (χ1) is 12.6. The Morgan fingerprint density at radius 1 is 1.15 bits per heavy atom. The van der Waals surface area contributed by atoms with Crippen molar-refractivity contribution in [1.82, 2.24) is 9.80 Å². The maximum atomic E-state index is 12.7. The van der Waals surface area contributed by atoms with Gasteiger partial charge in [-0.25, -0.2) is 4.79 Å². The van der Waals surface area contributed by atoms with Crippen molar-refractivity contribution < 1.29 is 23.9 Å². The molecule has 8 nitrogen and oxygen atoms in total. The molecule has 3 rings (SSSR count). The number of amides is 2. The number of methoxy groups -OCH3 is 1. The first kappa shape index (κ1) is 18.0. The Hall–Kier alpha value is -2.77. The number of piperazine rings is 1. The molecule has 1 saturated heterocycles. The molecule has 2 heterocycles. The van der Waals surface area contributed by atoms with E-state index in [0.717, 1.165) is 17.0 Å². The number of hydrogen-bond donors (Lipinski definition) is 0. The molecule has 2 aliphatic rings. The van der Waals surface area contributed by atoms with Crippen LogP contribution in [0.4, 0.5) is 4.79 Å².